The zero-order valence-corrected chi connectivity index (χ0v) is 8.30. The summed E-state index contributed by atoms with van der Waals surface area (Å²) < 4.78 is 0. The molecule has 0 fully saturated rings. The zero-order chi connectivity index (χ0) is 10.1. The van der Waals surface area contributed by atoms with Crippen LogP contribution in [-0.4, -0.2) is 12.4 Å². The summed E-state index contributed by atoms with van der Waals surface area (Å²) in [6.45, 7) is 4.79. The fourth-order valence-corrected chi connectivity index (χ4v) is 0.905. The summed E-state index contributed by atoms with van der Waals surface area (Å²) in [6, 6.07) is 0. The molecule has 5 nitrogen and oxygen atoms in total. The topological polar surface area (TPSA) is 88.5 Å². The molecule has 0 saturated heterocycles. The third kappa shape index (κ3) is 4.37. The standard InChI is InChI=1S/C8H19N5/c1-3-5-7(6-9)8(12-10)13-11-4-2/h6,11H,3-5,9-10H2,1-2H3,(H,12,13)/b7-6+. The molecule has 13 heavy (non-hydrogen) atoms. The summed E-state index contributed by atoms with van der Waals surface area (Å²) in [5.74, 6) is 5.91. The smallest absolute Gasteiger partial charge is 0.164 e. The lowest BCUT2D eigenvalue weighted by atomic mass is 10.1. The van der Waals surface area contributed by atoms with E-state index in [1.165, 1.54) is 6.20 Å². The molecule has 6 N–H and O–H groups in total. The predicted molar refractivity (Wildman–Crippen MR) is 55.6 cm³/mol. The largest absolute Gasteiger partial charge is 0.404 e. The summed E-state index contributed by atoms with van der Waals surface area (Å²) in [6.07, 6.45) is 3.40. The minimum absolute atomic E-state index is 0.603. The maximum atomic E-state index is 5.44. The van der Waals surface area contributed by atoms with Crippen LogP contribution in [0, 0.1) is 0 Å². The third-order valence-electron chi connectivity index (χ3n) is 1.51. The highest BCUT2D eigenvalue weighted by atomic mass is 15.4. The molecule has 5 heteroatoms. The molecule has 0 spiro atoms. The zero-order valence-electron chi connectivity index (χ0n) is 8.30. The first-order valence-corrected chi connectivity index (χ1v) is 4.48. The van der Waals surface area contributed by atoms with Gasteiger partial charge in [0.05, 0.1) is 0 Å². The fourth-order valence-electron chi connectivity index (χ4n) is 0.905. The Bertz CT molecular complexity index is 185. The number of hydrogen-bond donors (Lipinski definition) is 4. The van der Waals surface area contributed by atoms with E-state index in [0.29, 0.717) is 5.84 Å². The maximum Gasteiger partial charge on any atom is 0.164 e. The average molecular weight is 185 g/mol. The van der Waals surface area contributed by atoms with Crippen molar-refractivity contribution in [2.24, 2.45) is 16.7 Å². The number of nitrogens with one attached hydrogen (secondary N) is 2. The monoisotopic (exact) mass is 185 g/mol. The Kier molecular flexibility index (Phi) is 6.72. The van der Waals surface area contributed by atoms with E-state index in [4.69, 9.17) is 11.6 Å². The van der Waals surface area contributed by atoms with E-state index >= 15 is 0 Å². The molecule has 0 atom stereocenters. The minimum Gasteiger partial charge on any atom is -0.404 e. The van der Waals surface area contributed by atoms with Gasteiger partial charge in [0, 0.05) is 18.3 Å². The molecule has 0 aromatic heterocycles. The molecule has 0 aliphatic heterocycles. The van der Waals surface area contributed by atoms with Crippen molar-refractivity contribution in [1.29, 1.82) is 0 Å². The van der Waals surface area contributed by atoms with Gasteiger partial charge in [-0.25, -0.2) is 5.84 Å². The number of rotatable bonds is 5. The molecule has 0 rings (SSSR count). The third-order valence-corrected chi connectivity index (χ3v) is 1.51. The van der Waals surface area contributed by atoms with E-state index in [2.05, 4.69) is 22.9 Å². The van der Waals surface area contributed by atoms with Crippen molar-refractivity contribution >= 4 is 5.84 Å². The second-order valence-electron chi connectivity index (χ2n) is 2.56. The molecular weight excluding hydrogens is 166 g/mol. The van der Waals surface area contributed by atoms with Gasteiger partial charge in [0.15, 0.2) is 5.84 Å². The maximum absolute atomic E-state index is 5.44. The Morgan fingerprint density at radius 3 is 2.54 bits per heavy atom. The summed E-state index contributed by atoms with van der Waals surface area (Å²) >= 11 is 0. The molecule has 0 aromatic carbocycles. The lowest BCUT2D eigenvalue weighted by Crippen LogP contribution is -2.34. The number of hydrazone groups is 1. The van der Waals surface area contributed by atoms with Gasteiger partial charge in [-0.15, -0.1) is 0 Å². The van der Waals surface area contributed by atoms with Crippen LogP contribution in [-0.2, 0) is 0 Å². The Morgan fingerprint density at radius 2 is 2.15 bits per heavy atom. The van der Waals surface area contributed by atoms with Crippen molar-refractivity contribution < 1.29 is 0 Å². The molecule has 76 valence electrons. The first-order valence-electron chi connectivity index (χ1n) is 4.48. The quantitative estimate of drug-likeness (QED) is 0.210. The van der Waals surface area contributed by atoms with E-state index in [9.17, 15) is 0 Å². The van der Waals surface area contributed by atoms with E-state index in [1.54, 1.807) is 0 Å². The van der Waals surface area contributed by atoms with Crippen LogP contribution in [0.1, 0.15) is 26.7 Å². The summed E-state index contributed by atoms with van der Waals surface area (Å²) in [7, 11) is 0. The Labute approximate surface area is 79.2 Å². The van der Waals surface area contributed by atoms with Crippen molar-refractivity contribution in [3.05, 3.63) is 11.8 Å². The fraction of sp³-hybridized carbons (Fsp3) is 0.625. The number of hydrazine groups is 1. The van der Waals surface area contributed by atoms with Crippen molar-refractivity contribution in [2.45, 2.75) is 26.7 Å². The normalized spacial score (nSPS) is 12.8. The second kappa shape index (κ2) is 7.42. The molecular formula is C8H19N5. The average Bonchev–Trinajstić information content (AvgIpc) is 2.17. The van der Waals surface area contributed by atoms with Gasteiger partial charge >= 0.3 is 0 Å². The van der Waals surface area contributed by atoms with Crippen LogP contribution < -0.4 is 22.4 Å². The van der Waals surface area contributed by atoms with Crippen LogP contribution in [0.15, 0.2) is 16.9 Å². The van der Waals surface area contributed by atoms with Crippen LogP contribution in [0.25, 0.3) is 0 Å². The van der Waals surface area contributed by atoms with Gasteiger partial charge in [-0.1, -0.05) is 13.3 Å². The van der Waals surface area contributed by atoms with Crippen molar-refractivity contribution in [3.63, 3.8) is 0 Å². The molecule has 0 aromatic rings. The minimum atomic E-state index is 0.603. The lowest BCUT2D eigenvalue weighted by Gasteiger charge is -2.08. The highest BCUT2D eigenvalue weighted by Gasteiger charge is 2.03. The SMILES string of the molecule is CCCC(=C\N)/C(=N/NCC)NN. The molecule has 0 aliphatic carbocycles. The summed E-state index contributed by atoms with van der Waals surface area (Å²) in [4.78, 5) is 0. The van der Waals surface area contributed by atoms with Gasteiger partial charge in [-0.2, -0.15) is 5.10 Å². The van der Waals surface area contributed by atoms with E-state index in [1.807, 2.05) is 6.92 Å². The van der Waals surface area contributed by atoms with Crippen LogP contribution in [0.5, 0.6) is 0 Å². The molecule has 0 amide bonds. The van der Waals surface area contributed by atoms with Gasteiger partial charge in [-0.05, 0) is 13.3 Å². The molecule has 0 unspecified atom stereocenters. The second-order valence-corrected chi connectivity index (χ2v) is 2.56. The van der Waals surface area contributed by atoms with Crippen LogP contribution in [0.4, 0.5) is 0 Å². The van der Waals surface area contributed by atoms with Crippen molar-refractivity contribution in [1.82, 2.24) is 10.9 Å². The number of amidine groups is 1. The van der Waals surface area contributed by atoms with Gasteiger partial charge < -0.3 is 16.6 Å². The molecule has 0 radical (unpaired) electrons. The number of nitrogens with two attached hydrogens (primary N) is 2. The Balaban J connectivity index is 4.34. The van der Waals surface area contributed by atoms with Gasteiger partial charge in [0.1, 0.15) is 0 Å². The van der Waals surface area contributed by atoms with E-state index in [-0.39, 0.29) is 0 Å². The molecule has 0 saturated carbocycles. The summed E-state index contributed by atoms with van der Waals surface area (Å²) in [5, 5.41) is 4.03. The van der Waals surface area contributed by atoms with Crippen LogP contribution in [0.2, 0.25) is 0 Å². The highest BCUT2D eigenvalue weighted by Crippen LogP contribution is 2.03. The lowest BCUT2D eigenvalue weighted by molar-refractivity contribution is 0.766. The molecule has 0 aliphatic rings. The van der Waals surface area contributed by atoms with E-state index in [0.717, 1.165) is 25.0 Å². The predicted octanol–water partition coefficient (Wildman–Crippen LogP) is 0.0154. The van der Waals surface area contributed by atoms with Crippen LogP contribution >= 0.6 is 0 Å². The Morgan fingerprint density at radius 1 is 1.46 bits per heavy atom. The molecule has 0 bridgehead atoms. The summed E-state index contributed by atoms with van der Waals surface area (Å²) in [5.41, 5.74) is 11.7. The van der Waals surface area contributed by atoms with Crippen molar-refractivity contribution in [3.8, 4) is 0 Å². The highest BCUT2D eigenvalue weighted by molar-refractivity contribution is 5.97. The van der Waals surface area contributed by atoms with Gasteiger partial charge in [-0.3, -0.25) is 0 Å². The first-order chi connectivity index (χ1) is 6.29. The first kappa shape index (κ1) is 11.8. The van der Waals surface area contributed by atoms with Crippen LogP contribution in [0.3, 0.4) is 0 Å². The molecule has 0 heterocycles. The number of nitrogens with zero attached hydrogens (tertiary/aromatic N) is 1. The van der Waals surface area contributed by atoms with Crippen molar-refractivity contribution in [2.75, 3.05) is 6.54 Å². The van der Waals surface area contributed by atoms with E-state index < -0.39 is 0 Å². The van der Waals surface area contributed by atoms with Gasteiger partial charge in [0.25, 0.3) is 0 Å². The van der Waals surface area contributed by atoms with Gasteiger partial charge in [0.2, 0.25) is 0 Å². The number of hydrogen-bond acceptors (Lipinski definition) is 4. The Hall–Kier alpha value is -1.23.